The molecule has 22 heavy (non-hydrogen) atoms. The van der Waals surface area contributed by atoms with E-state index in [0.29, 0.717) is 5.56 Å². The van der Waals surface area contributed by atoms with E-state index in [1.54, 1.807) is 38.1 Å². The fourth-order valence-corrected chi connectivity index (χ4v) is 2.88. The van der Waals surface area contributed by atoms with Gasteiger partial charge in [0.05, 0.1) is 6.10 Å². The second kappa shape index (κ2) is 5.57. The first-order valence-corrected chi connectivity index (χ1v) is 7.93. The number of carbonyl (C=O) groups is 1. The quantitative estimate of drug-likeness (QED) is 0.791. The number of rotatable bonds is 5. The molecular formula is C16H20BrF2NO2. The summed E-state index contributed by atoms with van der Waals surface area (Å²) in [6, 6.07) is 6.78. The molecule has 0 aliphatic heterocycles. The second-order valence-electron chi connectivity index (χ2n) is 6.55. The van der Waals surface area contributed by atoms with Crippen LogP contribution in [0.1, 0.15) is 39.2 Å². The van der Waals surface area contributed by atoms with Crippen LogP contribution in [0, 0.1) is 5.41 Å². The standard InChI is InChI=1S/C16H20BrF2NO2/c1-10(2)22-13(21)15(20,8-14(3)9-16(14,18)19)11-4-6-12(17)7-5-11/h4-7,10H,8-9,20H2,1-3H3/t14-,15-/m1/s1. The highest BCUT2D eigenvalue weighted by Gasteiger charge is 2.70. The molecule has 0 radical (unpaired) electrons. The molecule has 2 rings (SSSR count). The van der Waals surface area contributed by atoms with E-state index < -0.39 is 22.8 Å². The highest BCUT2D eigenvalue weighted by molar-refractivity contribution is 9.10. The highest BCUT2D eigenvalue weighted by Crippen LogP contribution is 2.64. The topological polar surface area (TPSA) is 52.3 Å². The summed E-state index contributed by atoms with van der Waals surface area (Å²) in [7, 11) is 0. The van der Waals surface area contributed by atoms with Gasteiger partial charge in [0.25, 0.3) is 5.92 Å². The number of alkyl halides is 2. The molecular weight excluding hydrogens is 356 g/mol. The summed E-state index contributed by atoms with van der Waals surface area (Å²) in [5.74, 6) is -3.46. The molecule has 0 spiro atoms. The lowest BCUT2D eigenvalue weighted by molar-refractivity contribution is -0.156. The van der Waals surface area contributed by atoms with Crippen molar-refractivity contribution in [3.63, 3.8) is 0 Å². The fraction of sp³-hybridized carbons (Fsp3) is 0.562. The number of halogens is 3. The zero-order valence-corrected chi connectivity index (χ0v) is 14.4. The molecule has 0 unspecified atom stereocenters. The van der Waals surface area contributed by atoms with Gasteiger partial charge in [-0.2, -0.15) is 0 Å². The van der Waals surface area contributed by atoms with E-state index in [1.807, 2.05) is 0 Å². The predicted octanol–water partition coefficient (Wildman–Crippen LogP) is 3.99. The van der Waals surface area contributed by atoms with E-state index in [9.17, 15) is 13.6 Å². The van der Waals surface area contributed by atoms with Gasteiger partial charge in [-0.15, -0.1) is 0 Å². The molecule has 0 bridgehead atoms. The number of benzene rings is 1. The van der Waals surface area contributed by atoms with Crippen LogP contribution in [-0.4, -0.2) is 18.0 Å². The lowest BCUT2D eigenvalue weighted by Crippen LogP contribution is -2.49. The third-order valence-electron chi connectivity index (χ3n) is 4.11. The van der Waals surface area contributed by atoms with Crippen LogP contribution in [0.2, 0.25) is 0 Å². The number of hydrogen-bond donors (Lipinski definition) is 1. The Kier molecular flexibility index (Phi) is 4.39. The van der Waals surface area contributed by atoms with Gasteiger partial charge in [0.2, 0.25) is 0 Å². The third-order valence-corrected chi connectivity index (χ3v) is 4.63. The lowest BCUT2D eigenvalue weighted by atomic mass is 9.81. The first kappa shape index (κ1) is 17.3. The van der Waals surface area contributed by atoms with Gasteiger partial charge in [0, 0.05) is 16.3 Å². The van der Waals surface area contributed by atoms with Gasteiger partial charge in [-0.05, 0) is 38.0 Å². The summed E-state index contributed by atoms with van der Waals surface area (Å²) in [6.07, 6.45) is -0.775. The van der Waals surface area contributed by atoms with Crippen molar-refractivity contribution in [3.05, 3.63) is 34.3 Å². The minimum absolute atomic E-state index is 0.153. The zero-order chi connectivity index (χ0) is 16.8. The molecule has 1 aliphatic carbocycles. The van der Waals surface area contributed by atoms with Crippen LogP contribution < -0.4 is 5.73 Å². The number of carbonyl (C=O) groups excluding carboxylic acids is 1. The largest absolute Gasteiger partial charge is 0.461 e. The molecule has 1 fully saturated rings. The van der Waals surface area contributed by atoms with Gasteiger partial charge in [0.15, 0.2) is 0 Å². The van der Waals surface area contributed by atoms with Crippen molar-refractivity contribution >= 4 is 21.9 Å². The van der Waals surface area contributed by atoms with Crippen molar-refractivity contribution in [2.45, 2.75) is 51.2 Å². The maximum absolute atomic E-state index is 13.6. The van der Waals surface area contributed by atoms with Crippen molar-refractivity contribution in [2.75, 3.05) is 0 Å². The van der Waals surface area contributed by atoms with Gasteiger partial charge in [-0.25, -0.2) is 13.6 Å². The summed E-state index contributed by atoms with van der Waals surface area (Å²) in [5, 5.41) is 0. The average Bonchev–Trinajstić information content (AvgIpc) is 2.86. The number of ether oxygens (including phenoxy) is 1. The van der Waals surface area contributed by atoms with Crippen molar-refractivity contribution in [2.24, 2.45) is 11.1 Å². The monoisotopic (exact) mass is 375 g/mol. The smallest absolute Gasteiger partial charge is 0.331 e. The predicted molar refractivity (Wildman–Crippen MR) is 83.5 cm³/mol. The maximum Gasteiger partial charge on any atom is 0.331 e. The van der Waals surface area contributed by atoms with E-state index in [1.165, 1.54) is 6.92 Å². The summed E-state index contributed by atoms with van der Waals surface area (Å²) in [4.78, 5) is 12.5. The first-order valence-electron chi connectivity index (χ1n) is 7.14. The van der Waals surface area contributed by atoms with Gasteiger partial charge in [0.1, 0.15) is 5.54 Å². The maximum atomic E-state index is 13.6. The summed E-state index contributed by atoms with van der Waals surface area (Å²) < 4.78 is 33.2. The van der Waals surface area contributed by atoms with E-state index in [-0.39, 0.29) is 18.9 Å². The number of nitrogens with two attached hydrogens (primary N) is 1. The Bertz CT molecular complexity index is 576. The van der Waals surface area contributed by atoms with Crippen molar-refractivity contribution < 1.29 is 18.3 Å². The van der Waals surface area contributed by atoms with Crippen LogP contribution in [-0.2, 0) is 15.1 Å². The van der Waals surface area contributed by atoms with E-state index >= 15 is 0 Å². The van der Waals surface area contributed by atoms with Crippen molar-refractivity contribution in [3.8, 4) is 0 Å². The molecule has 6 heteroatoms. The van der Waals surface area contributed by atoms with Crippen LogP contribution in [0.25, 0.3) is 0 Å². The summed E-state index contributed by atoms with van der Waals surface area (Å²) >= 11 is 3.30. The Hall–Kier alpha value is -1.01. The van der Waals surface area contributed by atoms with E-state index in [2.05, 4.69) is 15.9 Å². The molecule has 1 aliphatic rings. The molecule has 1 saturated carbocycles. The number of hydrogen-bond acceptors (Lipinski definition) is 3. The van der Waals surface area contributed by atoms with Crippen LogP contribution >= 0.6 is 15.9 Å². The minimum Gasteiger partial charge on any atom is -0.461 e. The van der Waals surface area contributed by atoms with Gasteiger partial charge in [-0.1, -0.05) is 35.0 Å². The van der Waals surface area contributed by atoms with Crippen molar-refractivity contribution in [1.29, 1.82) is 0 Å². The van der Waals surface area contributed by atoms with Gasteiger partial charge in [-0.3, -0.25) is 0 Å². The number of esters is 1. The molecule has 0 heterocycles. The third kappa shape index (κ3) is 3.18. The van der Waals surface area contributed by atoms with E-state index in [0.717, 1.165) is 4.47 Å². The molecule has 0 saturated heterocycles. The van der Waals surface area contributed by atoms with Crippen LogP contribution in [0.5, 0.6) is 0 Å². The Labute approximate surface area is 137 Å². The molecule has 0 amide bonds. The average molecular weight is 376 g/mol. The van der Waals surface area contributed by atoms with Crippen LogP contribution in [0.4, 0.5) is 8.78 Å². The molecule has 1 aromatic rings. The highest BCUT2D eigenvalue weighted by atomic mass is 79.9. The molecule has 3 nitrogen and oxygen atoms in total. The molecule has 122 valence electrons. The van der Waals surface area contributed by atoms with Crippen LogP contribution in [0.15, 0.2) is 28.7 Å². The van der Waals surface area contributed by atoms with Gasteiger partial charge < -0.3 is 10.5 Å². The first-order chi connectivity index (χ1) is 10.0. The minimum atomic E-state index is -2.79. The summed E-state index contributed by atoms with van der Waals surface area (Å²) in [5.41, 5.74) is 3.91. The Morgan fingerprint density at radius 1 is 1.41 bits per heavy atom. The normalized spacial score (nSPS) is 25.6. The Morgan fingerprint density at radius 3 is 2.32 bits per heavy atom. The van der Waals surface area contributed by atoms with Crippen molar-refractivity contribution in [1.82, 2.24) is 0 Å². The summed E-state index contributed by atoms with van der Waals surface area (Å²) in [6.45, 7) is 4.86. The Morgan fingerprint density at radius 2 is 1.91 bits per heavy atom. The van der Waals surface area contributed by atoms with Gasteiger partial charge >= 0.3 is 5.97 Å². The zero-order valence-electron chi connectivity index (χ0n) is 12.8. The van der Waals surface area contributed by atoms with Crippen LogP contribution in [0.3, 0.4) is 0 Å². The molecule has 2 N–H and O–H groups in total. The second-order valence-corrected chi connectivity index (χ2v) is 7.47. The Balaban J connectivity index is 2.36. The molecule has 0 aromatic heterocycles. The lowest BCUT2D eigenvalue weighted by Gasteiger charge is -2.31. The molecule has 2 atom stereocenters. The fourth-order valence-electron chi connectivity index (χ4n) is 2.61. The van der Waals surface area contributed by atoms with E-state index in [4.69, 9.17) is 10.5 Å². The SMILES string of the molecule is CC(C)OC(=O)[C@@](N)(C[C@]1(C)CC1(F)F)c1ccc(Br)cc1. The molecule has 1 aromatic carbocycles.